The summed E-state index contributed by atoms with van der Waals surface area (Å²) in [4.78, 5) is 11.8. The van der Waals surface area contributed by atoms with Crippen LogP contribution in [0.5, 0.6) is 5.75 Å². The molecule has 0 aliphatic heterocycles. The van der Waals surface area contributed by atoms with Crippen LogP contribution in [-0.4, -0.2) is 23.8 Å². The van der Waals surface area contributed by atoms with Crippen LogP contribution >= 0.6 is 0 Å². The number of ether oxygens (including phenoxy) is 2. The van der Waals surface area contributed by atoms with E-state index in [-0.39, 0.29) is 0 Å². The van der Waals surface area contributed by atoms with Crippen molar-refractivity contribution < 1.29 is 19.4 Å². The van der Waals surface area contributed by atoms with Crippen molar-refractivity contribution in [1.82, 2.24) is 0 Å². The Labute approximate surface area is 124 Å². The van der Waals surface area contributed by atoms with Gasteiger partial charge in [0.1, 0.15) is 5.75 Å². The minimum atomic E-state index is -0.728. The van der Waals surface area contributed by atoms with Gasteiger partial charge in [-0.3, -0.25) is 0 Å². The molecule has 1 N–H and O–H groups in total. The van der Waals surface area contributed by atoms with Crippen LogP contribution in [0, 0.1) is 0 Å². The summed E-state index contributed by atoms with van der Waals surface area (Å²) >= 11 is 0. The second-order valence-electron chi connectivity index (χ2n) is 4.89. The summed E-state index contributed by atoms with van der Waals surface area (Å²) in [5.74, 6) is 0.116. The molecule has 2 rings (SSSR count). The number of hydrogen-bond acceptors (Lipinski definition) is 4. The highest BCUT2D eigenvalue weighted by molar-refractivity contribution is 5.90. The third-order valence-corrected chi connectivity index (χ3v) is 3.27. The smallest absolute Gasteiger partial charge is 0.347 e. The molecule has 0 spiro atoms. The van der Waals surface area contributed by atoms with Crippen LogP contribution in [0.15, 0.2) is 36.4 Å². The lowest BCUT2D eigenvalue weighted by atomic mass is 10.0. The molecule has 0 amide bonds. The molecule has 1 unspecified atom stereocenters. The topological polar surface area (TPSA) is 55.8 Å². The SMILES string of the molecule is CCOC(=O)C(C)Oc1c([C@@H](C)O)ccc2ccccc12. The largest absolute Gasteiger partial charge is 0.478 e. The average molecular weight is 288 g/mol. The fraction of sp³-hybridized carbons (Fsp3) is 0.353. The third kappa shape index (κ3) is 3.34. The Morgan fingerprint density at radius 3 is 2.57 bits per heavy atom. The summed E-state index contributed by atoms with van der Waals surface area (Å²) in [5.41, 5.74) is 0.657. The standard InChI is InChI=1S/C17H20O4/c1-4-20-17(19)12(3)21-16-14(11(2)18)10-9-13-7-5-6-8-15(13)16/h5-12,18H,4H2,1-3H3/t11-,12?/m1/s1. The number of aliphatic hydroxyl groups excluding tert-OH is 1. The Balaban J connectivity index is 2.44. The average Bonchev–Trinajstić information content (AvgIpc) is 2.47. The predicted octanol–water partition coefficient (Wildman–Crippen LogP) is 3.22. The number of esters is 1. The number of fused-ring (bicyclic) bond motifs is 1. The Morgan fingerprint density at radius 1 is 1.19 bits per heavy atom. The molecule has 4 heteroatoms. The van der Waals surface area contributed by atoms with E-state index in [1.165, 1.54) is 0 Å². The minimum absolute atomic E-state index is 0.311. The van der Waals surface area contributed by atoms with Crippen LogP contribution < -0.4 is 4.74 Å². The molecular weight excluding hydrogens is 268 g/mol. The van der Waals surface area contributed by atoms with E-state index in [1.807, 2.05) is 36.4 Å². The van der Waals surface area contributed by atoms with E-state index >= 15 is 0 Å². The number of aliphatic hydroxyl groups is 1. The Kier molecular flexibility index (Phi) is 4.81. The molecule has 0 fully saturated rings. The van der Waals surface area contributed by atoms with Gasteiger partial charge >= 0.3 is 5.97 Å². The van der Waals surface area contributed by atoms with E-state index in [0.29, 0.717) is 17.9 Å². The summed E-state index contributed by atoms with van der Waals surface area (Å²) in [6.07, 6.45) is -1.41. The van der Waals surface area contributed by atoms with Gasteiger partial charge in [-0.2, -0.15) is 0 Å². The summed E-state index contributed by atoms with van der Waals surface area (Å²) in [7, 11) is 0. The zero-order valence-corrected chi connectivity index (χ0v) is 12.5. The maximum absolute atomic E-state index is 11.8. The molecule has 0 aliphatic rings. The molecule has 0 saturated heterocycles. The molecule has 0 radical (unpaired) electrons. The summed E-state index contributed by atoms with van der Waals surface area (Å²) in [6.45, 7) is 5.38. The molecule has 0 saturated carbocycles. The third-order valence-electron chi connectivity index (χ3n) is 3.27. The number of hydrogen-bond donors (Lipinski definition) is 1. The Hall–Kier alpha value is -2.07. The fourth-order valence-corrected chi connectivity index (χ4v) is 2.20. The van der Waals surface area contributed by atoms with E-state index in [4.69, 9.17) is 9.47 Å². The van der Waals surface area contributed by atoms with Crippen molar-refractivity contribution in [1.29, 1.82) is 0 Å². The van der Waals surface area contributed by atoms with Crippen molar-refractivity contribution in [2.24, 2.45) is 0 Å². The lowest BCUT2D eigenvalue weighted by Crippen LogP contribution is -2.26. The molecule has 112 valence electrons. The second-order valence-corrected chi connectivity index (χ2v) is 4.89. The van der Waals surface area contributed by atoms with Gasteiger partial charge in [0.2, 0.25) is 0 Å². The van der Waals surface area contributed by atoms with E-state index in [9.17, 15) is 9.90 Å². The summed E-state index contributed by atoms with van der Waals surface area (Å²) in [6, 6.07) is 11.5. The lowest BCUT2D eigenvalue weighted by molar-refractivity contribution is -0.150. The Morgan fingerprint density at radius 2 is 1.90 bits per heavy atom. The molecule has 4 nitrogen and oxygen atoms in total. The number of carbonyl (C=O) groups excluding carboxylic acids is 1. The monoisotopic (exact) mass is 288 g/mol. The van der Waals surface area contributed by atoms with Crippen LogP contribution in [0.4, 0.5) is 0 Å². The quantitative estimate of drug-likeness (QED) is 0.858. The molecule has 2 aromatic rings. The first-order valence-corrected chi connectivity index (χ1v) is 7.07. The predicted molar refractivity (Wildman–Crippen MR) is 81.3 cm³/mol. The zero-order valence-electron chi connectivity index (χ0n) is 12.5. The molecule has 2 atom stereocenters. The van der Waals surface area contributed by atoms with Crippen molar-refractivity contribution in [3.05, 3.63) is 42.0 Å². The van der Waals surface area contributed by atoms with Crippen LogP contribution in [-0.2, 0) is 9.53 Å². The van der Waals surface area contributed by atoms with Gasteiger partial charge in [0.15, 0.2) is 6.10 Å². The van der Waals surface area contributed by atoms with Gasteiger partial charge in [-0.05, 0) is 26.2 Å². The summed E-state index contributed by atoms with van der Waals surface area (Å²) in [5, 5.41) is 11.8. The van der Waals surface area contributed by atoms with Gasteiger partial charge in [0.05, 0.1) is 12.7 Å². The molecule has 0 bridgehead atoms. The van der Waals surface area contributed by atoms with Gasteiger partial charge < -0.3 is 14.6 Å². The van der Waals surface area contributed by atoms with Gasteiger partial charge in [0, 0.05) is 10.9 Å². The van der Waals surface area contributed by atoms with Crippen LogP contribution in [0.1, 0.15) is 32.4 Å². The van der Waals surface area contributed by atoms with Gasteiger partial charge in [-0.15, -0.1) is 0 Å². The van der Waals surface area contributed by atoms with E-state index in [0.717, 1.165) is 10.8 Å². The highest BCUT2D eigenvalue weighted by Crippen LogP contribution is 2.34. The normalized spacial score (nSPS) is 13.7. The molecule has 2 aromatic carbocycles. The maximum Gasteiger partial charge on any atom is 0.347 e. The van der Waals surface area contributed by atoms with E-state index < -0.39 is 18.2 Å². The first kappa shape index (κ1) is 15.3. The van der Waals surface area contributed by atoms with Crippen molar-refractivity contribution in [2.45, 2.75) is 33.0 Å². The van der Waals surface area contributed by atoms with Gasteiger partial charge in [-0.1, -0.05) is 36.4 Å². The number of benzene rings is 2. The van der Waals surface area contributed by atoms with Gasteiger partial charge in [-0.25, -0.2) is 4.79 Å². The van der Waals surface area contributed by atoms with E-state index in [1.54, 1.807) is 20.8 Å². The second kappa shape index (κ2) is 6.59. The minimum Gasteiger partial charge on any atom is -0.478 e. The molecule has 0 heterocycles. The highest BCUT2D eigenvalue weighted by atomic mass is 16.6. The molecule has 21 heavy (non-hydrogen) atoms. The first-order valence-electron chi connectivity index (χ1n) is 7.07. The fourth-order valence-electron chi connectivity index (χ4n) is 2.20. The van der Waals surface area contributed by atoms with E-state index in [2.05, 4.69) is 0 Å². The van der Waals surface area contributed by atoms with Gasteiger partial charge in [0.25, 0.3) is 0 Å². The maximum atomic E-state index is 11.8. The zero-order chi connectivity index (χ0) is 15.4. The highest BCUT2D eigenvalue weighted by Gasteiger charge is 2.20. The lowest BCUT2D eigenvalue weighted by Gasteiger charge is -2.19. The Bertz CT molecular complexity index is 634. The van der Waals surface area contributed by atoms with Crippen molar-refractivity contribution >= 4 is 16.7 Å². The van der Waals surface area contributed by atoms with Crippen LogP contribution in [0.3, 0.4) is 0 Å². The molecular formula is C17H20O4. The van der Waals surface area contributed by atoms with Crippen LogP contribution in [0.2, 0.25) is 0 Å². The van der Waals surface area contributed by atoms with Crippen LogP contribution in [0.25, 0.3) is 10.8 Å². The van der Waals surface area contributed by atoms with Crippen molar-refractivity contribution in [3.63, 3.8) is 0 Å². The first-order chi connectivity index (χ1) is 10.0. The molecule has 0 aliphatic carbocycles. The summed E-state index contributed by atoms with van der Waals surface area (Å²) < 4.78 is 10.8. The van der Waals surface area contributed by atoms with Crippen molar-refractivity contribution in [3.8, 4) is 5.75 Å². The number of rotatable bonds is 5. The number of carbonyl (C=O) groups is 1. The van der Waals surface area contributed by atoms with Crippen molar-refractivity contribution in [2.75, 3.05) is 6.61 Å². The molecule has 0 aromatic heterocycles.